The van der Waals surface area contributed by atoms with Crippen LogP contribution in [-0.4, -0.2) is 17.1 Å². The van der Waals surface area contributed by atoms with Crippen molar-refractivity contribution >= 4 is 97.5 Å². The highest BCUT2D eigenvalue weighted by atomic mass is 127. The van der Waals surface area contributed by atoms with E-state index in [1.807, 2.05) is 48.5 Å². The van der Waals surface area contributed by atoms with Gasteiger partial charge in [0.25, 0.3) is 5.56 Å². The van der Waals surface area contributed by atoms with Crippen molar-refractivity contribution < 1.29 is 18.7 Å². The average molecular weight is 911 g/mol. The second-order valence-corrected chi connectivity index (χ2v) is 14.6. The van der Waals surface area contributed by atoms with E-state index in [0.29, 0.717) is 47.5 Å². The lowest BCUT2D eigenvalue weighted by Crippen LogP contribution is -2.40. The summed E-state index contributed by atoms with van der Waals surface area (Å²) in [5.41, 5.74) is 2.97. The number of carbonyl (C=O) groups excluding carboxylic acids is 1. The molecular formula is C35H23Cl2FI2N2O4S. The Morgan fingerprint density at radius 3 is 2.47 bits per heavy atom. The first-order valence-electron chi connectivity index (χ1n) is 14.2. The van der Waals surface area contributed by atoms with Crippen LogP contribution in [0, 0.1) is 13.0 Å². The Kier molecular flexibility index (Phi) is 10.5. The van der Waals surface area contributed by atoms with E-state index < -0.39 is 17.8 Å². The fourth-order valence-corrected chi connectivity index (χ4v) is 8.52. The molecule has 238 valence electrons. The number of nitrogens with zero attached hydrogens (tertiary/aromatic N) is 2. The average Bonchev–Trinajstić information content (AvgIpc) is 3.36. The molecule has 4 aromatic carbocycles. The molecule has 5 aromatic rings. The van der Waals surface area contributed by atoms with Crippen LogP contribution in [0.2, 0.25) is 10.0 Å². The molecule has 1 aliphatic heterocycles. The summed E-state index contributed by atoms with van der Waals surface area (Å²) in [6, 6.07) is 23.3. The maximum atomic E-state index is 14.3. The Hall–Kier alpha value is -3.04. The number of hydrogen-bond donors (Lipinski definition) is 0. The highest BCUT2D eigenvalue weighted by Crippen LogP contribution is 2.36. The summed E-state index contributed by atoms with van der Waals surface area (Å²) in [4.78, 5) is 33.2. The minimum atomic E-state index is -0.912. The SMILES string of the molecule is CCOC(=O)C1=C(c2ccccc2)N=c2s/c(=C\c3cc(I)cc(I)c3OCc3ccc(Cl)c(Cl)c3)c(=O)n2[C@@H]1c1ccc(F)cc1. The fraction of sp³-hybridized carbons (Fsp3) is 0.114. The van der Waals surface area contributed by atoms with Gasteiger partial charge in [-0.05, 0) is 106 Å². The fourth-order valence-electron chi connectivity index (χ4n) is 5.17. The zero-order chi connectivity index (χ0) is 33.2. The zero-order valence-electron chi connectivity index (χ0n) is 24.5. The van der Waals surface area contributed by atoms with Crippen LogP contribution in [0.15, 0.2) is 100 Å². The van der Waals surface area contributed by atoms with Crippen molar-refractivity contribution in [2.24, 2.45) is 4.99 Å². The van der Waals surface area contributed by atoms with Gasteiger partial charge in [0.1, 0.15) is 18.2 Å². The Balaban J connectivity index is 1.54. The molecule has 1 aromatic heterocycles. The van der Waals surface area contributed by atoms with Crippen LogP contribution in [0.25, 0.3) is 11.8 Å². The highest BCUT2D eigenvalue weighted by Gasteiger charge is 2.35. The normalized spacial score (nSPS) is 14.5. The number of fused-ring (bicyclic) bond motifs is 1. The van der Waals surface area contributed by atoms with Crippen molar-refractivity contribution in [3.63, 3.8) is 0 Å². The lowest BCUT2D eigenvalue weighted by Gasteiger charge is -2.25. The number of carbonyl (C=O) groups is 1. The van der Waals surface area contributed by atoms with Gasteiger partial charge in [-0.1, -0.05) is 83.1 Å². The van der Waals surface area contributed by atoms with E-state index in [4.69, 9.17) is 37.7 Å². The van der Waals surface area contributed by atoms with Gasteiger partial charge in [0, 0.05) is 14.7 Å². The molecule has 0 radical (unpaired) electrons. The van der Waals surface area contributed by atoms with Gasteiger partial charge >= 0.3 is 5.97 Å². The summed E-state index contributed by atoms with van der Waals surface area (Å²) in [5.74, 6) is -0.452. The summed E-state index contributed by atoms with van der Waals surface area (Å²) in [5, 5.41) is 0.884. The molecule has 0 unspecified atom stereocenters. The molecule has 1 atom stereocenters. The monoisotopic (exact) mass is 910 g/mol. The number of esters is 1. The Morgan fingerprint density at radius 2 is 1.77 bits per heavy atom. The first-order valence-corrected chi connectivity index (χ1v) is 18.0. The molecule has 0 amide bonds. The smallest absolute Gasteiger partial charge is 0.338 e. The summed E-state index contributed by atoms with van der Waals surface area (Å²) in [6.07, 6.45) is 1.77. The first kappa shape index (κ1) is 33.8. The maximum Gasteiger partial charge on any atom is 0.338 e. The number of thiazole rings is 1. The third-order valence-corrected chi connectivity index (χ3v) is 10.4. The minimum Gasteiger partial charge on any atom is -0.487 e. The van der Waals surface area contributed by atoms with Crippen LogP contribution < -0.4 is 19.6 Å². The molecular weight excluding hydrogens is 888 g/mol. The van der Waals surface area contributed by atoms with E-state index in [-0.39, 0.29) is 24.3 Å². The van der Waals surface area contributed by atoms with Crippen molar-refractivity contribution in [2.45, 2.75) is 19.6 Å². The van der Waals surface area contributed by atoms with Crippen molar-refractivity contribution in [2.75, 3.05) is 6.61 Å². The van der Waals surface area contributed by atoms with Crippen molar-refractivity contribution in [3.05, 3.63) is 155 Å². The third-order valence-electron chi connectivity index (χ3n) is 7.25. The predicted octanol–water partition coefficient (Wildman–Crippen LogP) is 8.17. The largest absolute Gasteiger partial charge is 0.487 e. The van der Waals surface area contributed by atoms with Crippen LogP contribution in [0.1, 0.15) is 35.2 Å². The lowest BCUT2D eigenvalue weighted by atomic mass is 9.93. The standard InChI is InChI=1S/C35H23Cl2FI2N2O4S/c1-2-45-34(44)29-30(20-6-4-3-5-7-20)41-35-42(31(29)21-9-11-23(38)12-10-21)33(43)28(47-35)16-22-15-24(39)17-27(40)32(22)46-18-19-8-13-25(36)26(37)14-19/h3-17,31H,2,18H2,1H3/b28-16-/t31-/m1/s1. The van der Waals surface area contributed by atoms with Gasteiger partial charge in [0.05, 0.1) is 42.1 Å². The van der Waals surface area contributed by atoms with E-state index >= 15 is 0 Å². The van der Waals surface area contributed by atoms with Gasteiger partial charge in [-0.3, -0.25) is 9.36 Å². The topological polar surface area (TPSA) is 69.9 Å². The Bertz CT molecular complexity index is 2220. The van der Waals surface area contributed by atoms with Gasteiger partial charge in [-0.25, -0.2) is 14.2 Å². The molecule has 0 saturated carbocycles. The maximum absolute atomic E-state index is 14.3. The van der Waals surface area contributed by atoms with Crippen molar-refractivity contribution in [1.29, 1.82) is 0 Å². The first-order chi connectivity index (χ1) is 22.6. The van der Waals surface area contributed by atoms with Crippen LogP contribution in [-0.2, 0) is 16.1 Å². The van der Waals surface area contributed by atoms with Gasteiger partial charge in [-0.15, -0.1) is 0 Å². The van der Waals surface area contributed by atoms with Crippen LogP contribution in [0.5, 0.6) is 5.75 Å². The molecule has 0 spiro atoms. The summed E-state index contributed by atoms with van der Waals surface area (Å²) >= 11 is 17.9. The van der Waals surface area contributed by atoms with E-state index in [0.717, 1.165) is 12.7 Å². The predicted molar refractivity (Wildman–Crippen MR) is 200 cm³/mol. The van der Waals surface area contributed by atoms with E-state index in [9.17, 15) is 14.0 Å². The third kappa shape index (κ3) is 7.21. The van der Waals surface area contributed by atoms with E-state index in [1.54, 1.807) is 37.3 Å². The number of ether oxygens (including phenoxy) is 2. The second kappa shape index (κ2) is 14.6. The molecule has 0 fully saturated rings. The van der Waals surface area contributed by atoms with E-state index in [1.165, 1.54) is 28.0 Å². The zero-order valence-corrected chi connectivity index (χ0v) is 31.1. The molecule has 6 nitrogen and oxygen atoms in total. The van der Waals surface area contributed by atoms with Gasteiger partial charge in [0.15, 0.2) is 4.80 Å². The van der Waals surface area contributed by atoms with Gasteiger partial charge in [0.2, 0.25) is 0 Å². The second-order valence-electron chi connectivity index (χ2n) is 10.3. The molecule has 6 rings (SSSR count). The lowest BCUT2D eigenvalue weighted by molar-refractivity contribution is -0.138. The summed E-state index contributed by atoms with van der Waals surface area (Å²) in [7, 11) is 0. The quantitative estimate of drug-likeness (QED) is 0.117. The molecule has 0 bridgehead atoms. The molecule has 1 aliphatic rings. The summed E-state index contributed by atoms with van der Waals surface area (Å²) < 4.78 is 29.6. The number of hydrogen-bond acceptors (Lipinski definition) is 6. The number of rotatable bonds is 8. The number of aromatic nitrogens is 1. The van der Waals surface area contributed by atoms with Crippen LogP contribution >= 0.6 is 79.7 Å². The molecule has 47 heavy (non-hydrogen) atoms. The number of benzene rings is 4. The summed E-state index contributed by atoms with van der Waals surface area (Å²) in [6.45, 7) is 2.07. The van der Waals surface area contributed by atoms with E-state index in [2.05, 4.69) is 45.2 Å². The molecule has 0 saturated heterocycles. The molecule has 0 aliphatic carbocycles. The molecule has 12 heteroatoms. The molecule has 0 N–H and O–H groups in total. The van der Waals surface area contributed by atoms with Crippen LogP contribution in [0.4, 0.5) is 4.39 Å². The number of halogens is 5. The Morgan fingerprint density at radius 1 is 1.02 bits per heavy atom. The highest BCUT2D eigenvalue weighted by molar-refractivity contribution is 14.1. The Labute approximate surface area is 310 Å². The van der Waals surface area contributed by atoms with Gasteiger partial charge in [-0.2, -0.15) is 0 Å². The minimum absolute atomic E-state index is 0.126. The van der Waals surface area contributed by atoms with Gasteiger partial charge < -0.3 is 9.47 Å². The molecule has 2 heterocycles. The van der Waals surface area contributed by atoms with Crippen molar-refractivity contribution in [1.82, 2.24) is 4.57 Å². The van der Waals surface area contributed by atoms with Crippen LogP contribution in [0.3, 0.4) is 0 Å². The van der Waals surface area contributed by atoms with Crippen molar-refractivity contribution in [3.8, 4) is 5.75 Å².